The van der Waals surface area contributed by atoms with Crippen LogP contribution in [0.4, 0.5) is 4.39 Å². The van der Waals surface area contributed by atoms with Crippen molar-refractivity contribution >= 4 is 31.9 Å². The number of hydrogen-bond acceptors (Lipinski definition) is 3. The summed E-state index contributed by atoms with van der Waals surface area (Å²) in [5.74, 6) is -1.46. The molecule has 0 aliphatic heterocycles. The number of halogens is 2. The highest BCUT2D eigenvalue weighted by atomic mass is 79.9. The molecular weight excluding hydrogens is 351 g/mol. The van der Waals surface area contributed by atoms with Crippen molar-refractivity contribution in [3.8, 4) is 0 Å². The van der Waals surface area contributed by atoms with Gasteiger partial charge in [0.15, 0.2) is 0 Å². The van der Waals surface area contributed by atoms with E-state index in [0.717, 1.165) is 5.56 Å². The van der Waals surface area contributed by atoms with E-state index in [1.807, 2.05) is 0 Å². The van der Waals surface area contributed by atoms with Crippen LogP contribution in [-0.2, 0) is 14.8 Å². The molecule has 2 rings (SSSR count). The average molecular weight is 365 g/mol. The van der Waals surface area contributed by atoms with Gasteiger partial charge in [0, 0.05) is 12.0 Å². The van der Waals surface area contributed by atoms with E-state index in [-0.39, 0.29) is 17.8 Å². The molecule has 2 atom stereocenters. The van der Waals surface area contributed by atoms with Crippen LogP contribution in [0.3, 0.4) is 0 Å². The first-order chi connectivity index (χ1) is 9.32. The lowest BCUT2D eigenvalue weighted by atomic mass is 10.1. The third-order valence-electron chi connectivity index (χ3n) is 3.14. The number of carbonyl (C=O) groups excluding carboxylic acids is 1. The van der Waals surface area contributed by atoms with E-state index in [1.165, 1.54) is 13.1 Å². The third-order valence-corrected chi connectivity index (χ3v) is 5.05. The van der Waals surface area contributed by atoms with E-state index >= 15 is 0 Å². The first-order valence-electron chi connectivity index (χ1n) is 5.98. The lowest BCUT2D eigenvalue weighted by Gasteiger charge is -2.06. The molecule has 1 amide bonds. The van der Waals surface area contributed by atoms with E-state index in [9.17, 15) is 17.6 Å². The Hall–Kier alpha value is -0.990. The maximum Gasteiger partial charge on any atom is 0.236 e. The second kappa shape index (κ2) is 5.79. The van der Waals surface area contributed by atoms with Crippen LogP contribution >= 0.6 is 15.9 Å². The molecule has 5 nitrogen and oxygen atoms in total. The van der Waals surface area contributed by atoms with E-state index in [2.05, 4.69) is 26.0 Å². The Morgan fingerprint density at radius 2 is 2.20 bits per heavy atom. The van der Waals surface area contributed by atoms with Crippen LogP contribution < -0.4 is 10.0 Å². The minimum atomic E-state index is -3.56. The van der Waals surface area contributed by atoms with E-state index in [0.29, 0.717) is 10.9 Å². The molecule has 0 aromatic heterocycles. The molecule has 1 aliphatic carbocycles. The Bertz CT molecular complexity index is 636. The molecule has 0 spiro atoms. The third kappa shape index (κ3) is 3.77. The predicted octanol–water partition coefficient (Wildman–Crippen LogP) is 1.11. The summed E-state index contributed by atoms with van der Waals surface area (Å²) in [5, 5.41) is 2.63. The zero-order valence-electron chi connectivity index (χ0n) is 10.7. The fourth-order valence-corrected chi connectivity index (χ4v) is 2.78. The van der Waals surface area contributed by atoms with Crippen molar-refractivity contribution in [1.82, 2.24) is 10.0 Å². The zero-order chi connectivity index (χ0) is 14.9. The smallest absolute Gasteiger partial charge is 0.236 e. The number of hydrogen-bond donors (Lipinski definition) is 2. The summed E-state index contributed by atoms with van der Waals surface area (Å²) in [6.07, 6.45) is 0.687. The average Bonchev–Trinajstić information content (AvgIpc) is 3.11. The molecule has 0 saturated heterocycles. The van der Waals surface area contributed by atoms with Gasteiger partial charge in [0.2, 0.25) is 15.9 Å². The van der Waals surface area contributed by atoms with Gasteiger partial charge in [0.05, 0.1) is 4.47 Å². The number of rotatable bonds is 5. The molecule has 1 saturated carbocycles. The van der Waals surface area contributed by atoms with Gasteiger partial charge < -0.3 is 5.32 Å². The highest BCUT2D eigenvalue weighted by molar-refractivity contribution is 9.10. The second-order valence-corrected chi connectivity index (χ2v) is 7.43. The summed E-state index contributed by atoms with van der Waals surface area (Å²) in [6.45, 7) is 0. The van der Waals surface area contributed by atoms with E-state index in [1.54, 1.807) is 12.1 Å². The van der Waals surface area contributed by atoms with Crippen molar-refractivity contribution in [3.63, 3.8) is 0 Å². The van der Waals surface area contributed by atoms with Crippen molar-refractivity contribution in [2.75, 3.05) is 12.8 Å². The molecule has 1 aromatic rings. The van der Waals surface area contributed by atoms with Crippen molar-refractivity contribution in [2.24, 2.45) is 0 Å². The fourth-order valence-electron chi connectivity index (χ4n) is 1.96. The molecule has 2 N–H and O–H groups in total. The van der Waals surface area contributed by atoms with Crippen molar-refractivity contribution in [3.05, 3.63) is 34.1 Å². The maximum atomic E-state index is 13.4. The van der Waals surface area contributed by atoms with Gasteiger partial charge in [-0.3, -0.25) is 4.79 Å². The minimum absolute atomic E-state index is 0.0406. The molecular formula is C12H14BrFN2O3S. The number of sulfonamides is 1. The second-order valence-electron chi connectivity index (χ2n) is 4.65. The number of amides is 1. The standard InChI is InChI=1S/C12H14BrFN2O3S/c1-15-20(18,19)6-12(17)16-11-5-8(11)7-2-3-9(13)10(14)4-7/h2-4,8,11,15H,5-6H2,1H3,(H,16,17)/t8-,11+/m0/s1. The monoisotopic (exact) mass is 364 g/mol. The van der Waals surface area contributed by atoms with Crippen LogP contribution in [0.15, 0.2) is 22.7 Å². The molecule has 0 bridgehead atoms. The largest absolute Gasteiger partial charge is 0.352 e. The van der Waals surface area contributed by atoms with Gasteiger partial charge in [0.1, 0.15) is 11.6 Å². The van der Waals surface area contributed by atoms with Gasteiger partial charge in [-0.1, -0.05) is 6.07 Å². The summed E-state index contributed by atoms with van der Waals surface area (Å²) in [6, 6.07) is 4.70. The summed E-state index contributed by atoms with van der Waals surface area (Å²) in [5.41, 5.74) is 0.799. The number of carbonyl (C=O) groups is 1. The Morgan fingerprint density at radius 1 is 1.50 bits per heavy atom. The highest BCUT2D eigenvalue weighted by Gasteiger charge is 2.40. The normalized spacial score (nSPS) is 21.6. The Kier molecular flexibility index (Phi) is 4.46. The summed E-state index contributed by atoms with van der Waals surface area (Å²) < 4.78 is 38.3. The predicted molar refractivity (Wildman–Crippen MR) is 76.2 cm³/mol. The summed E-state index contributed by atoms with van der Waals surface area (Å²) in [4.78, 5) is 11.6. The fraction of sp³-hybridized carbons (Fsp3) is 0.417. The maximum absolute atomic E-state index is 13.4. The Labute approximate surface area is 125 Å². The van der Waals surface area contributed by atoms with Gasteiger partial charge >= 0.3 is 0 Å². The van der Waals surface area contributed by atoms with Crippen LogP contribution in [0, 0.1) is 5.82 Å². The number of benzene rings is 1. The zero-order valence-corrected chi connectivity index (χ0v) is 13.1. The molecule has 0 heterocycles. The van der Waals surface area contributed by atoms with Crippen LogP contribution in [0.5, 0.6) is 0 Å². The summed E-state index contributed by atoms with van der Waals surface area (Å²) in [7, 11) is -2.30. The first kappa shape index (κ1) is 15.4. The highest BCUT2D eigenvalue weighted by Crippen LogP contribution is 2.41. The van der Waals surface area contributed by atoms with E-state index < -0.39 is 21.7 Å². The Balaban J connectivity index is 1.92. The SMILES string of the molecule is CNS(=O)(=O)CC(=O)N[C@@H]1C[C@H]1c1ccc(Br)c(F)c1. The molecule has 8 heteroatoms. The quantitative estimate of drug-likeness (QED) is 0.821. The number of nitrogens with one attached hydrogen (secondary N) is 2. The van der Waals surface area contributed by atoms with Crippen LogP contribution in [0.1, 0.15) is 17.9 Å². The lowest BCUT2D eigenvalue weighted by molar-refractivity contribution is -0.118. The van der Waals surface area contributed by atoms with Gasteiger partial charge in [-0.2, -0.15) is 0 Å². The molecule has 1 aliphatic rings. The van der Waals surface area contributed by atoms with Gasteiger partial charge in [-0.05, 0) is 47.1 Å². The van der Waals surface area contributed by atoms with Gasteiger partial charge in [-0.15, -0.1) is 0 Å². The molecule has 0 unspecified atom stereocenters. The van der Waals surface area contributed by atoms with Crippen molar-refractivity contribution < 1.29 is 17.6 Å². The first-order valence-corrected chi connectivity index (χ1v) is 8.42. The van der Waals surface area contributed by atoms with Crippen LogP contribution in [0.25, 0.3) is 0 Å². The van der Waals surface area contributed by atoms with Gasteiger partial charge in [-0.25, -0.2) is 17.5 Å². The Morgan fingerprint density at radius 3 is 2.80 bits per heavy atom. The molecule has 1 aromatic carbocycles. The van der Waals surface area contributed by atoms with Crippen molar-refractivity contribution in [2.45, 2.75) is 18.4 Å². The van der Waals surface area contributed by atoms with Crippen LogP contribution in [-0.4, -0.2) is 33.2 Å². The topological polar surface area (TPSA) is 75.3 Å². The molecule has 20 heavy (non-hydrogen) atoms. The lowest BCUT2D eigenvalue weighted by Crippen LogP contribution is -2.36. The van der Waals surface area contributed by atoms with E-state index in [4.69, 9.17) is 0 Å². The van der Waals surface area contributed by atoms with Crippen LogP contribution in [0.2, 0.25) is 0 Å². The van der Waals surface area contributed by atoms with Gasteiger partial charge in [0.25, 0.3) is 0 Å². The van der Waals surface area contributed by atoms with Crippen molar-refractivity contribution in [1.29, 1.82) is 0 Å². The molecule has 0 radical (unpaired) electrons. The summed E-state index contributed by atoms with van der Waals surface area (Å²) >= 11 is 3.08. The minimum Gasteiger partial charge on any atom is -0.352 e. The molecule has 110 valence electrons. The molecule has 1 fully saturated rings.